The first-order chi connectivity index (χ1) is 65.7. The average molecular weight is 1990 g/mol. The van der Waals surface area contributed by atoms with E-state index in [1.807, 2.05) is 172 Å². The van der Waals surface area contributed by atoms with E-state index in [1.165, 1.54) is 30.8 Å². The van der Waals surface area contributed by atoms with E-state index >= 15 is 0 Å². The Balaban J connectivity index is 0.000000118. The third-order valence-electron chi connectivity index (χ3n) is 23.5. The summed E-state index contributed by atoms with van der Waals surface area (Å²) in [5, 5.41) is 12.2. The highest BCUT2D eigenvalue weighted by Crippen LogP contribution is 2.44. The lowest BCUT2D eigenvalue weighted by Crippen LogP contribution is -2.15. The SMILES string of the molecule is C#Cc1ccc2c(c1)C(c1ccccc1Br)=N[C@@H](C)c1c(C(N)=O)ncn1-2.C#Cc1ccc2c(c1)C(c1ccccc1Cl)=N[C@@H](C)c1c(C(N)=O)ncn1-2.C#Cc1ccc2c(c1)C(c1ccccc1[N+](=O)[O-])=N[C@@H](C)c1c(C(N)=O)ncn1-2.C#Cc1ccc2c(c1)C(c1ccccn1)=N[C@@H](C)c1c(C(N)=O)ncn1-2.NC(=O)c1ncn2c1CN=C(c1ccccc1I)c1cc(C3CC3)ccc1-2. The molecule has 11 heterocycles. The largest absolute Gasteiger partial charge is 0.364 e. The Labute approximate surface area is 806 Å². The summed E-state index contributed by atoms with van der Waals surface area (Å²) in [6, 6.07) is 62.9. The zero-order valence-corrected chi connectivity index (χ0v) is 77.4. The molecule has 0 unspecified atom stereocenters. The zero-order chi connectivity index (χ0) is 95.8. The molecule has 0 spiro atoms. The summed E-state index contributed by atoms with van der Waals surface area (Å²) >= 11 is 12.4. The number of imidazole rings is 5. The zero-order valence-electron chi connectivity index (χ0n) is 72.9. The normalized spacial score (nSPS) is 15.2. The first-order valence-electron chi connectivity index (χ1n) is 42.4. The van der Waals surface area contributed by atoms with Crippen LogP contribution in [0, 0.1) is 63.1 Å². The lowest BCUT2D eigenvalue weighted by Gasteiger charge is -2.14. The number of aromatic nitrogens is 11. The molecule has 0 saturated heterocycles. The minimum Gasteiger partial charge on any atom is -0.364 e. The van der Waals surface area contributed by atoms with Crippen molar-refractivity contribution in [1.29, 1.82) is 0 Å². The molecular formula is C104H77BrClIN22O7. The molecule has 1 fully saturated rings. The molecule has 1 saturated carbocycles. The highest BCUT2D eigenvalue weighted by Gasteiger charge is 2.36. The molecule has 15 aromatic rings. The van der Waals surface area contributed by atoms with Crippen molar-refractivity contribution in [3.05, 3.63) is 408 Å². The number of benzene rings is 9. The van der Waals surface area contributed by atoms with E-state index < -0.39 is 40.5 Å². The van der Waals surface area contributed by atoms with E-state index in [-0.39, 0.29) is 46.6 Å². The van der Waals surface area contributed by atoms with Crippen LogP contribution in [0.3, 0.4) is 0 Å². The Morgan fingerprint density at radius 2 is 0.757 bits per heavy atom. The first-order valence-corrected chi connectivity index (χ1v) is 44.6. The number of nitro groups is 1. The van der Waals surface area contributed by atoms with Crippen molar-refractivity contribution in [2.24, 2.45) is 53.6 Å². The molecule has 0 bridgehead atoms. The third kappa shape index (κ3) is 17.4. The number of hydrogen-bond acceptors (Lipinski definition) is 18. The van der Waals surface area contributed by atoms with Crippen LogP contribution in [0.25, 0.3) is 28.4 Å². The fourth-order valence-electron chi connectivity index (χ4n) is 17.1. The number of rotatable bonds is 12. The van der Waals surface area contributed by atoms with Crippen molar-refractivity contribution in [2.75, 3.05) is 0 Å². The second-order valence-electron chi connectivity index (χ2n) is 31.9. The molecule has 29 nitrogen and oxygen atoms in total. The number of carbonyl (C=O) groups is 5. The molecule has 6 aliphatic rings. The van der Waals surface area contributed by atoms with Crippen LogP contribution in [-0.4, -0.2) is 116 Å². The van der Waals surface area contributed by atoms with E-state index in [1.54, 1.807) is 79.4 Å². The molecule has 32 heteroatoms. The number of amides is 5. The summed E-state index contributed by atoms with van der Waals surface area (Å²) in [5.41, 5.74) is 51.8. The number of nitrogens with zero attached hydrogens (tertiary/aromatic N) is 17. The topological polar surface area (TPSA) is 422 Å². The van der Waals surface area contributed by atoms with Crippen LogP contribution >= 0.6 is 50.1 Å². The van der Waals surface area contributed by atoms with Gasteiger partial charge in [0.2, 0.25) is 0 Å². The van der Waals surface area contributed by atoms with Crippen LogP contribution in [0.15, 0.2) is 274 Å². The number of halogens is 3. The second-order valence-corrected chi connectivity index (χ2v) is 34.3. The Bertz CT molecular complexity index is 7710. The molecule has 21 rings (SSSR count). The molecule has 9 aromatic carbocycles. The second kappa shape index (κ2) is 38.1. The van der Waals surface area contributed by atoms with E-state index in [0.29, 0.717) is 85.5 Å². The number of pyridine rings is 1. The fourth-order valence-corrected chi connectivity index (χ4v) is 18.5. The smallest absolute Gasteiger partial charge is 0.278 e. The molecular weight excluding hydrogens is 1910 g/mol. The minimum atomic E-state index is -0.670. The number of aliphatic imine (C=N–C) groups is 5. The number of primary amides is 5. The molecule has 5 amide bonds. The number of terminal acetylenes is 4. The molecule has 1 aliphatic carbocycles. The summed E-state index contributed by atoms with van der Waals surface area (Å²) in [6.07, 6.45) is 34.6. The fraction of sp³-hybridized carbons (Fsp3) is 0.115. The molecule has 4 atom stereocenters. The molecule has 0 radical (unpaired) electrons. The maximum atomic E-state index is 11.9. The van der Waals surface area contributed by atoms with Gasteiger partial charge >= 0.3 is 0 Å². The quantitative estimate of drug-likeness (QED) is 0.0329. The average Bonchev–Trinajstić information content (AvgIpc) is 2.44. The molecule has 10 N–H and O–H groups in total. The van der Waals surface area contributed by atoms with Crippen LogP contribution in [0.1, 0.15) is 235 Å². The number of fused-ring (bicyclic) bond motifs is 15. The molecule has 6 aromatic heterocycles. The minimum absolute atomic E-state index is 0.0738. The Morgan fingerprint density at radius 3 is 1.17 bits per heavy atom. The highest BCUT2D eigenvalue weighted by atomic mass is 127. The van der Waals surface area contributed by atoms with Gasteiger partial charge in [0.25, 0.3) is 35.2 Å². The number of carbonyl (C=O) groups excluding carboxylic acids is 5. The van der Waals surface area contributed by atoms with Gasteiger partial charge in [-0.15, -0.1) is 25.7 Å². The standard InChI is InChI=1S/C21H15BrN4O.C21H15ClN4O.C21H17IN4O.C21H15N5O3.C20H15N5O/c2*1-3-13-8-9-17-15(10-13)18(14-6-4-5-7-16(14)22)25-12(2)20-19(21(23)27)24-11-26(17)20;22-16-4-2-1-3-14(16)19-15-9-13(12-5-6-12)7-8-17(15)26-11-25-20(21(23)27)18(26)10-24-19;1-3-13-8-9-16-15(10-13)18(14-6-4-5-7-17(14)26(28)29)24-12(2)20-19(21(22)27)23-11-25(16)20;1-3-13-7-8-16-14(10-13)17(15-6-4-5-9-22-15)24-12(2)19-18(20(21)26)23-11-25(16)19/h2*1,4-12H,2H3,(H2,23,27);1-4,7-9,11-12H,5-6,10H2,(H2,23,27);1,4-12H,2H3,(H2,22,27);1,4-12H,2H3,(H2,21,26)/t2*12-;;2*12-/m00.00/s1. The number of nitro benzene ring substituents is 1. The number of para-hydroxylation sites is 1. The van der Waals surface area contributed by atoms with E-state index in [4.69, 9.17) is 90.9 Å². The Hall–Kier alpha value is -17.0. The summed E-state index contributed by atoms with van der Waals surface area (Å²) in [6.45, 7) is 7.86. The summed E-state index contributed by atoms with van der Waals surface area (Å²) in [4.78, 5) is 120. The molecule has 136 heavy (non-hydrogen) atoms. The van der Waals surface area contributed by atoms with Gasteiger partial charge in [0.05, 0.1) is 132 Å². The van der Waals surface area contributed by atoms with Gasteiger partial charge in [0.15, 0.2) is 28.5 Å². The van der Waals surface area contributed by atoms with E-state index in [2.05, 4.69) is 122 Å². The van der Waals surface area contributed by atoms with Gasteiger partial charge in [-0.1, -0.05) is 130 Å². The van der Waals surface area contributed by atoms with Crippen LogP contribution in [0.5, 0.6) is 0 Å². The maximum absolute atomic E-state index is 11.9. The summed E-state index contributed by atoms with van der Waals surface area (Å²) in [5.74, 6) is 8.28. The van der Waals surface area contributed by atoms with Crippen LogP contribution in [0.4, 0.5) is 5.69 Å². The predicted octanol–water partition coefficient (Wildman–Crippen LogP) is 16.0. The number of hydrogen-bond donors (Lipinski definition) is 5. The highest BCUT2D eigenvalue weighted by molar-refractivity contribution is 14.1. The Morgan fingerprint density at radius 1 is 0.404 bits per heavy atom. The van der Waals surface area contributed by atoms with E-state index in [0.717, 1.165) is 109 Å². The number of nitrogens with two attached hydrogens (primary N) is 5. The van der Waals surface area contributed by atoms with E-state index in [9.17, 15) is 34.1 Å². The van der Waals surface area contributed by atoms with Crippen LogP contribution in [-0.2, 0) is 6.54 Å². The van der Waals surface area contributed by atoms with Crippen LogP contribution in [0.2, 0.25) is 5.02 Å². The van der Waals surface area contributed by atoms with Gasteiger partial charge in [-0.05, 0) is 196 Å². The predicted molar refractivity (Wildman–Crippen MR) is 532 cm³/mol. The van der Waals surface area contributed by atoms with Crippen molar-refractivity contribution in [2.45, 2.75) is 77.2 Å². The molecule has 5 aliphatic heterocycles. The van der Waals surface area contributed by atoms with Crippen LogP contribution < -0.4 is 28.7 Å². The van der Waals surface area contributed by atoms with Gasteiger partial charge in [0, 0.05) is 92.1 Å². The Kier molecular flexibility index (Phi) is 25.5. The van der Waals surface area contributed by atoms with Gasteiger partial charge in [-0.25, -0.2) is 24.9 Å². The van der Waals surface area contributed by atoms with Gasteiger partial charge in [-0.3, -0.25) is 86.9 Å². The monoisotopic (exact) mass is 1990 g/mol. The summed E-state index contributed by atoms with van der Waals surface area (Å²) in [7, 11) is 0. The van der Waals surface area contributed by atoms with Crippen molar-refractivity contribution in [3.63, 3.8) is 0 Å². The van der Waals surface area contributed by atoms with Gasteiger partial charge in [0.1, 0.15) is 31.6 Å². The van der Waals surface area contributed by atoms with Crippen molar-refractivity contribution in [3.8, 4) is 77.8 Å². The van der Waals surface area contributed by atoms with Crippen molar-refractivity contribution < 1.29 is 28.9 Å². The van der Waals surface area contributed by atoms with Gasteiger partial charge in [-0.2, -0.15) is 0 Å². The third-order valence-corrected chi connectivity index (χ3v) is 25.4. The molecule has 666 valence electrons. The lowest BCUT2D eigenvalue weighted by atomic mass is 9.97. The van der Waals surface area contributed by atoms with Gasteiger partial charge < -0.3 is 28.7 Å². The van der Waals surface area contributed by atoms with Crippen molar-refractivity contribution >= 4 is 114 Å². The maximum Gasteiger partial charge on any atom is 0.278 e. The summed E-state index contributed by atoms with van der Waals surface area (Å²) < 4.78 is 11.3. The lowest BCUT2D eigenvalue weighted by molar-refractivity contribution is -0.385. The first kappa shape index (κ1) is 90.9. The van der Waals surface area contributed by atoms with Crippen molar-refractivity contribution in [1.82, 2.24) is 52.7 Å².